The molecule has 0 bridgehead atoms. The predicted octanol–water partition coefficient (Wildman–Crippen LogP) is 2.07. The van der Waals surface area contributed by atoms with Crippen LogP contribution < -0.4 is 0 Å². The molecule has 1 heterocycles. The molecule has 66 valence electrons. The molecule has 3 nitrogen and oxygen atoms in total. The Kier molecular flexibility index (Phi) is 2.59. The monoisotopic (exact) mass is 175 g/mol. The molecule has 0 unspecified atom stereocenters. The fourth-order valence-corrected chi connectivity index (χ4v) is 0.937. The first kappa shape index (κ1) is 9.19. The highest BCUT2D eigenvalue weighted by atomic mass is 16.4. The summed E-state index contributed by atoms with van der Waals surface area (Å²) in [5.74, 6) is -1.01. The second-order valence-corrected chi connectivity index (χ2v) is 2.41. The van der Waals surface area contributed by atoms with Crippen LogP contribution in [0.25, 0.3) is 12.2 Å². The number of aromatic carboxylic acids is 1. The van der Waals surface area contributed by atoms with E-state index >= 15 is 0 Å². The van der Waals surface area contributed by atoms with E-state index in [4.69, 9.17) is 5.11 Å². The van der Waals surface area contributed by atoms with Gasteiger partial charge in [-0.2, -0.15) is 0 Å². The van der Waals surface area contributed by atoms with Crippen LogP contribution in [0.5, 0.6) is 0 Å². The zero-order valence-electron chi connectivity index (χ0n) is 7.03. The minimum absolute atomic E-state index is 0.146. The first-order valence-electron chi connectivity index (χ1n) is 3.67. The van der Waals surface area contributed by atoms with Gasteiger partial charge in [-0.3, -0.25) is 4.98 Å². The fourth-order valence-electron chi connectivity index (χ4n) is 0.937. The lowest BCUT2D eigenvalue weighted by Crippen LogP contribution is -2.01. The summed E-state index contributed by atoms with van der Waals surface area (Å²) >= 11 is 0. The summed E-state index contributed by atoms with van der Waals surface area (Å²) in [6, 6.07) is 1.51. The fraction of sp³-hybridized carbons (Fsp3) is 0. The van der Waals surface area contributed by atoms with Gasteiger partial charge < -0.3 is 5.11 Å². The topological polar surface area (TPSA) is 50.2 Å². The molecule has 13 heavy (non-hydrogen) atoms. The third-order valence-corrected chi connectivity index (χ3v) is 1.60. The van der Waals surface area contributed by atoms with Crippen LogP contribution in [0.15, 0.2) is 25.4 Å². The molecule has 0 aliphatic carbocycles. The van der Waals surface area contributed by atoms with Crippen molar-refractivity contribution in [2.45, 2.75) is 0 Å². The van der Waals surface area contributed by atoms with Crippen LogP contribution >= 0.6 is 0 Å². The largest absolute Gasteiger partial charge is 0.478 e. The van der Waals surface area contributed by atoms with Gasteiger partial charge in [0.25, 0.3) is 0 Å². The summed E-state index contributed by atoms with van der Waals surface area (Å²) in [4.78, 5) is 14.6. The molecule has 1 N–H and O–H groups in total. The van der Waals surface area contributed by atoms with Crippen molar-refractivity contribution in [3.63, 3.8) is 0 Å². The van der Waals surface area contributed by atoms with E-state index in [0.29, 0.717) is 11.3 Å². The van der Waals surface area contributed by atoms with Crippen molar-refractivity contribution in [1.82, 2.24) is 4.98 Å². The average Bonchev–Trinajstić information content (AvgIpc) is 2.16. The van der Waals surface area contributed by atoms with Gasteiger partial charge >= 0.3 is 5.97 Å². The standard InChI is InChI=1S/C10H9NO2/c1-3-7-5-8(10(12)13)9(4-2)11-6-7/h3-6H,1-2H2,(H,12,13). The summed E-state index contributed by atoms with van der Waals surface area (Å²) in [6.45, 7) is 7.01. The highest BCUT2D eigenvalue weighted by Gasteiger charge is 2.08. The van der Waals surface area contributed by atoms with Crippen molar-refractivity contribution in [1.29, 1.82) is 0 Å². The molecule has 0 aromatic carbocycles. The number of hydrogen-bond donors (Lipinski definition) is 1. The quantitative estimate of drug-likeness (QED) is 0.765. The third kappa shape index (κ3) is 1.82. The highest BCUT2D eigenvalue weighted by Crippen LogP contribution is 2.10. The summed E-state index contributed by atoms with van der Waals surface area (Å²) < 4.78 is 0. The second-order valence-electron chi connectivity index (χ2n) is 2.41. The molecule has 0 aliphatic heterocycles. The van der Waals surface area contributed by atoms with Crippen molar-refractivity contribution in [3.05, 3.63) is 42.2 Å². The third-order valence-electron chi connectivity index (χ3n) is 1.60. The minimum Gasteiger partial charge on any atom is -0.478 e. The van der Waals surface area contributed by atoms with Crippen molar-refractivity contribution < 1.29 is 9.90 Å². The molecule has 0 radical (unpaired) electrons. The van der Waals surface area contributed by atoms with Gasteiger partial charge in [0.1, 0.15) is 0 Å². The zero-order valence-corrected chi connectivity index (χ0v) is 7.03. The van der Waals surface area contributed by atoms with Gasteiger partial charge in [0.15, 0.2) is 0 Å². The molecule has 0 amide bonds. The summed E-state index contributed by atoms with van der Waals surface area (Å²) in [6.07, 6.45) is 4.51. The number of carboxylic acids is 1. The van der Waals surface area contributed by atoms with E-state index in [1.54, 1.807) is 12.3 Å². The van der Waals surface area contributed by atoms with Crippen LogP contribution in [0.4, 0.5) is 0 Å². The number of carbonyl (C=O) groups is 1. The van der Waals surface area contributed by atoms with Crippen molar-refractivity contribution >= 4 is 18.1 Å². The lowest BCUT2D eigenvalue weighted by Gasteiger charge is -2.00. The van der Waals surface area contributed by atoms with Crippen LogP contribution in [-0.2, 0) is 0 Å². The normalized spacial score (nSPS) is 9.23. The van der Waals surface area contributed by atoms with Crippen molar-refractivity contribution in [2.24, 2.45) is 0 Å². The number of hydrogen-bond acceptors (Lipinski definition) is 2. The van der Waals surface area contributed by atoms with Gasteiger partial charge in [0, 0.05) is 6.20 Å². The van der Waals surface area contributed by atoms with Crippen LogP contribution in [0.1, 0.15) is 21.6 Å². The van der Waals surface area contributed by atoms with E-state index in [2.05, 4.69) is 18.1 Å². The number of nitrogens with zero attached hydrogens (tertiary/aromatic N) is 1. The molecule has 1 rings (SSSR count). The summed E-state index contributed by atoms with van der Waals surface area (Å²) in [7, 11) is 0. The summed E-state index contributed by atoms with van der Waals surface area (Å²) in [5.41, 5.74) is 1.20. The molecule has 0 spiro atoms. The van der Waals surface area contributed by atoms with Crippen LogP contribution in [-0.4, -0.2) is 16.1 Å². The second kappa shape index (κ2) is 3.67. The van der Waals surface area contributed by atoms with Gasteiger partial charge in [-0.05, 0) is 17.7 Å². The smallest absolute Gasteiger partial charge is 0.337 e. The maximum atomic E-state index is 10.7. The zero-order chi connectivity index (χ0) is 9.84. The first-order chi connectivity index (χ1) is 6.19. The Morgan fingerprint density at radius 3 is 2.62 bits per heavy atom. The van der Waals surface area contributed by atoms with Crippen LogP contribution in [0, 0.1) is 0 Å². The van der Waals surface area contributed by atoms with Crippen molar-refractivity contribution in [2.75, 3.05) is 0 Å². The Morgan fingerprint density at radius 2 is 2.15 bits per heavy atom. The first-order valence-corrected chi connectivity index (χ1v) is 3.67. The van der Waals surface area contributed by atoms with Gasteiger partial charge in [-0.15, -0.1) is 0 Å². The van der Waals surface area contributed by atoms with Gasteiger partial charge in [-0.1, -0.05) is 19.2 Å². The Bertz CT molecular complexity index is 369. The molecule has 0 aliphatic rings. The Morgan fingerprint density at radius 1 is 1.46 bits per heavy atom. The molecule has 0 atom stereocenters. The van der Waals surface area contributed by atoms with E-state index in [0.717, 1.165) is 0 Å². The molecular weight excluding hydrogens is 166 g/mol. The van der Waals surface area contributed by atoms with Crippen LogP contribution in [0.3, 0.4) is 0 Å². The summed E-state index contributed by atoms with van der Waals surface area (Å²) in [5, 5.41) is 8.79. The van der Waals surface area contributed by atoms with E-state index in [-0.39, 0.29) is 5.56 Å². The van der Waals surface area contributed by atoms with E-state index in [9.17, 15) is 4.79 Å². The average molecular weight is 175 g/mol. The Labute approximate surface area is 76.1 Å². The van der Waals surface area contributed by atoms with Gasteiger partial charge in [0.2, 0.25) is 0 Å². The number of aromatic nitrogens is 1. The molecule has 1 aromatic rings. The maximum Gasteiger partial charge on any atom is 0.337 e. The molecule has 3 heteroatoms. The van der Waals surface area contributed by atoms with Crippen LogP contribution in [0.2, 0.25) is 0 Å². The molecule has 0 saturated carbocycles. The minimum atomic E-state index is -1.01. The van der Waals surface area contributed by atoms with Crippen molar-refractivity contribution in [3.8, 4) is 0 Å². The maximum absolute atomic E-state index is 10.7. The lowest BCUT2D eigenvalue weighted by molar-refractivity contribution is 0.0696. The highest BCUT2D eigenvalue weighted by molar-refractivity contribution is 5.91. The number of rotatable bonds is 3. The molecule has 1 aromatic heterocycles. The van der Waals surface area contributed by atoms with Gasteiger partial charge in [0.05, 0.1) is 11.3 Å². The molecule has 0 fully saturated rings. The van der Waals surface area contributed by atoms with E-state index in [1.165, 1.54) is 12.1 Å². The predicted molar refractivity (Wildman–Crippen MR) is 51.4 cm³/mol. The lowest BCUT2D eigenvalue weighted by atomic mass is 10.1. The Balaban J connectivity index is 3.33. The van der Waals surface area contributed by atoms with E-state index < -0.39 is 5.97 Å². The molecule has 0 saturated heterocycles. The Hall–Kier alpha value is -1.90. The molecular formula is C10H9NO2. The van der Waals surface area contributed by atoms with Gasteiger partial charge in [-0.25, -0.2) is 4.79 Å². The van der Waals surface area contributed by atoms with E-state index in [1.807, 2.05) is 0 Å². The number of carboxylic acid groups (broad SMARTS) is 1. The number of pyridine rings is 1. The SMILES string of the molecule is C=Cc1cnc(C=C)c(C(=O)O)c1.